The summed E-state index contributed by atoms with van der Waals surface area (Å²) in [5, 5.41) is 3.50. The second-order valence-electron chi connectivity index (χ2n) is 11.1. The number of nitrogens with zero attached hydrogens (tertiary/aromatic N) is 2. The van der Waals surface area contributed by atoms with Crippen molar-refractivity contribution < 1.29 is 18.0 Å². The van der Waals surface area contributed by atoms with E-state index in [2.05, 4.69) is 30.1 Å². The maximum atomic E-state index is 13.9. The number of piperazine rings is 1. The first-order valence-electron chi connectivity index (χ1n) is 13.8. The summed E-state index contributed by atoms with van der Waals surface area (Å²) in [6.45, 7) is 8.30. The van der Waals surface area contributed by atoms with Gasteiger partial charge in [0.25, 0.3) is 0 Å². The highest BCUT2D eigenvalue weighted by Gasteiger charge is 2.45. The molecule has 0 spiro atoms. The third-order valence-electron chi connectivity index (χ3n) is 8.18. The lowest BCUT2D eigenvalue weighted by Gasteiger charge is -2.44. The van der Waals surface area contributed by atoms with Crippen molar-refractivity contribution in [1.29, 1.82) is 0 Å². The first-order valence-corrected chi connectivity index (χ1v) is 15.3. The van der Waals surface area contributed by atoms with Gasteiger partial charge in [0.05, 0.1) is 17.4 Å². The van der Waals surface area contributed by atoms with E-state index in [1.807, 2.05) is 6.92 Å². The monoisotopic (exact) mass is 550 g/mol. The summed E-state index contributed by atoms with van der Waals surface area (Å²) >= 11 is 0. The number of sulfonamides is 1. The van der Waals surface area contributed by atoms with Crippen LogP contribution in [0, 0.1) is 12.8 Å². The zero-order valence-electron chi connectivity index (χ0n) is 22.6. The minimum absolute atomic E-state index is 0.103. The van der Waals surface area contributed by atoms with Gasteiger partial charge in [-0.1, -0.05) is 42.5 Å². The van der Waals surface area contributed by atoms with E-state index in [1.54, 1.807) is 17.0 Å². The Labute approximate surface area is 231 Å². The number of carbonyl (C=O) groups is 2. The summed E-state index contributed by atoms with van der Waals surface area (Å²) in [7, 11) is -3.98. The number of hydrogen-bond acceptors (Lipinski definition) is 5. The first kappa shape index (κ1) is 27.6. The van der Waals surface area contributed by atoms with Crippen molar-refractivity contribution in [1.82, 2.24) is 14.5 Å². The van der Waals surface area contributed by atoms with Gasteiger partial charge in [-0.2, -0.15) is 4.31 Å². The standard InChI is InChI=1S/C30H38N4O4S/c1-20-6-11-25(12-7-20)39(37,38)34-15-14-33(30(36)28(34)17-29(31)35)27-5-3-4-24-16-23(10-13-26(24)27)21(2)18-32-19-22-8-9-22/h6-7,10-13,16,22,27-28,32H,2-5,8-9,14-15,17-19H2,1H3,(H2,31,35)/t27-,28?/m1/s1. The molecule has 2 aromatic carbocycles. The number of fused-ring (bicyclic) bond motifs is 1. The summed E-state index contributed by atoms with van der Waals surface area (Å²) < 4.78 is 28.2. The fourth-order valence-electron chi connectivity index (χ4n) is 5.79. The fourth-order valence-corrected chi connectivity index (χ4v) is 7.37. The highest BCUT2D eigenvalue weighted by molar-refractivity contribution is 7.89. The van der Waals surface area contributed by atoms with E-state index >= 15 is 0 Å². The number of carbonyl (C=O) groups excluding carboxylic acids is 2. The SMILES string of the molecule is C=C(CNCC1CC1)c1ccc2c(c1)CCC[C@H]2N1CCN(S(=O)(=O)c2ccc(C)cc2)C(CC(N)=O)C1=O. The molecule has 208 valence electrons. The number of nitrogens with two attached hydrogens (primary N) is 1. The van der Waals surface area contributed by atoms with Crippen LogP contribution in [0.25, 0.3) is 5.57 Å². The lowest BCUT2D eigenvalue weighted by atomic mass is 9.84. The summed E-state index contributed by atoms with van der Waals surface area (Å²) in [6.07, 6.45) is 4.89. The van der Waals surface area contributed by atoms with Crippen LogP contribution < -0.4 is 11.1 Å². The lowest BCUT2D eigenvalue weighted by Crippen LogP contribution is -2.60. The second-order valence-corrected chi connectivity index (χ2v) is 13.0. The molecule has 1 saturated heterocycles. The minimum atomic E-state index is -3.98. The Kier molecular flexibility index (Phi) is 7.94. The van der Waals surface area contributed by atoms with E-state index in [1.165, 1.54) is 30.5 Å². The van der Waals surface area contributed by atoms with E-state index in [0.29, 0.717) is 0 Å². The van der Waals surface area contributed by atoms with Gasteiger partial charge in [-0.3, -0.25) is 9.59 Å². The van der Waals surface area contributed by atoms with Crippen molar-refractivity contribution in [2.24, 2.45) is 11.7 Å². The van der Waals surface area contributed by atoms with Crippen molar-refractivity contribution in [3.05, 3.63) is 71.3 Å². The van der Waals surface area contributed by atoms with Crippen molar-refractivity contribution in [2.45, 2.75) is 62.4 Å². The topological polar surface area (TPSA) is 113 Å². The first-order chi connectivity index (χ1) is 18.6. The third kappa shape index (κ3) is 5.95. The lowest BCUT2D eigenvalue weighted by molar-refractivity contribution is -0.144. The number of hydrogen-bond donors (Lipinski definition) is 2. The molecule has 3 aliphatic rings. The van der Waals surface area contributed by atoms with Crippen LogP contribution in [0.3, 0.4) is 0 Å². The zero-order valence-corrected chi connectivity index (χ0v) is 23.4. The maximum Gasteiger partial charge on any atom is 0.243 e. The quantitative estimate of drug-likeness (QED) is 0.472. The van der Waals surface area contributed by atoms with Gasteiger partial charge < -0.3 is 16.0 Å². The molecule has 2 atom stereocenters. The fraction of sp³-hybridized carbons (Fsp3) is 0.467. The van der Waals surface area contributed by atoms with Gasteiger partial charge in [0.1, 0.15) is 6.04 Å². The molecule has 5 rings (SSSR count). The molecule has 39 heavy (non-hydrogen) atoms. The Balaban J connectivity index is 1.36. The molecule has 0 aromatic heterocycles. The predicted octanol–water partition coefficient (Wildman–Crippen LogP) is 3.16. The Hall–Kier alpha value is -3.01. The molecule has 1 unspecified atom stereocenters. The van der Waals surface area contributed by atoms with Gasteiger partial charge in [0.2, 0.25) is 21.8 Å². The molecule has 9 heteroatoms. The van der Waals surface area contributed by atoms with Gasteiger partial charge in [-0.15, -0.1) is 0 Å². The highest BCUT2D eigenvalue weighted by Crippen LogP contribution is 2.38. The molecule has 2 aliphatic carbocycles. The molecule has 3 N–H and O–H groups in total. The van der Waals surface area contributed by atoms with Crippen molar-refractivity contribution in [3.8, 4) is 0 Å². The molecule has 0 radical (unpaired) electrons. The average Bonchev–Trinajstić information content (AvgIpc) is 3.73. The van der Waals surface area contributed by atoms with Crippen molar-refractivity contribution in [3.63, 3.8) is 0 Å². The summed E-state index contributed by atoms with van der Waals surface area (Å²) in [6, 6.07) is 11.5. The summed E-state index contributed by atoms with van der Waals surface area (Å²) in [5.74, 6) is -0.265. The van der Waals surface area contributed by atoms with Crippen LogP contribution in [0.4, 0.5) is 0 Å². The van der Waals surface area contributed by atoms with Crippen molar-refractivity contribution >= 4 is 27.4 Å². The summed E-state index contributed by atoms with van der Waals surface area (Å²) in [5.41, 5.74) is 10.9. The Morgan fingerprint density at radius 2 is 1.85 bits per heavy atom. The van der Waals surface area contributed by atoms with Crippen molar-refractivity contribution in [2.75, 3.05) is 26.2 Å². The summed E-state index contributed by atoms with van der Waals surface area (Å²) in [4.78, 5) is 27.7. The van der Waals surface area contributed by atoms with Gasteiger partial charge in [0, 0.05) is 19.6 Å². The molecule has 1 heterocycles. The van der Waals surface area contributed by atoms with Gasteiger partial charge in [-0.25, -0.2) is 8.42 Å². The zero-order chi connectivity index (χ0) is 27.7. The van der Waals surface area contributed by atoms with E-state index < -0.39 is 22.0 Å². The smallest absolute Gasteiger partial charge is 0.243 e. The Bertz CT molecular complexity index is 1370. The largest absolute Gasteiger partial charge is 0.370 e. The highest BCUT2D eigenvalue weighted by atomic mass is 32.2. The predicted molar refractivity (Wildman–Crippen MR) is 151 cm³/mol. The van der Waals surface area contributed by atoms with Crippen LogP contribution in [0.2, 0.25) is 0 Å². The van der Waals surface area contributed by atoms with Crippen LogP contribution in [0.5, 0.6) is 0 Å². The number of amides is 2. The third-order valence-corrected chi connectivity index (χ3v) is 10.1. The van der Waals surface area contributed by atoms with E-state index in [9.17, 15) is 18.0 Å². The molecule has 2 amide bonds. The molecule has 1 aliphatic heterocycles. The Morgan fingerprint density at radius 1 is 1.10 bits per heavy atom. The van der Waals surface area contributed by atoms with E-state index in [-0.39, 0.29) is 36.4 Å². The van der Waals surface area contributed by atoms with Crippen LogP contribution in [-0.2, 0) is 26.0 Å². The van der Waals surface area contributed by atoms with Crippen LogP contribution in [0.15, 0.2) is 53.9 Å². The van der Waals surface area contributed by atoms with Gasteiger partial charge in [0.15, 0.2) is 0 Å². The number of nitrogens with one attached hydrogen (secondary N) is 1. The molecule has 0 bridgehead atoms. The maximum absolute atomic E-state index is 13.9. The molecule has 8 nitrogen and oxygen atoms in total. The van der Waals surface area contributed by atoms with Crippen LogP contribution in [0.1, 0.15) is 60.4 Å². The molecular weight excluding hydrogens is 512 g/mol. The molecule has 1 saturated carbocycles. The number of benzene rings is 2. The normalized spacial score (nSPS) is 22.0. The number of aryl methyl sites for hydroxylation is 2. The molecule has 2 aromatic rings. The average molecular weight is 551 g/mol. The number of primary amides is 1. The van der Waals surface area contributed by atoms with E-state index in [4.69, 9.17) is 5.73 Å². The van der Waals surface area contributed by atoms with Gasteiger partial charge in [-0.05, 0) is 85.9 Å². The molecule has 2 fully saturated rings. The molecular formula is C30H38N4O4S. The Morgan fingerprint density at radius 3 is 2.54 bits per heavy atom. The van der Waals surface area contributed by atoms with E-state index in [0.717, 1.165) is 64.8 Å². The van der Waals surface area contributed by atoms with Gasteiger partial charge >= 0.3 is 0 Å². The minimum Gasteiger partial charge on any atom is -0.370 e. The second kappa shape index (κ2) is 11.2. The van der Waals surface area contributed by atoms with Crippen LogP contribution in [-0.4, -0.2) is 61.7 Å². The number of rotatable bonds is 10. The van der Waals surface area contributed by atoms with Crippen LogP contribution >= 0.6 is 0 Å².